The molecule has 0 saturated carbocycles. The molecular weight excluding hydrogens is 342 g/mol. The second-order valence-electron chi connectivity index (χ2n) is 7.19. The largest absolute Gasteiger partial charge is 0.459 e. The minimum Gasteiger partial charge on any atom is -0.459 e. The number of amides is 2. The zero-order valence-electron chi connectivity index (χ0n) is 15.7. The zero-order chi connectivity index (χ0) is 19.1. The summed E-state index contributed by atoms with van der Waals surface area (Å²) < 4.78 is 5.06. The smallest absolute Gasteiger partial charge is 0.291 e. The number of rotatable bonds is 7. The highest BCUT2D eigenvalue weighted by molar-refractivity contribution is 6.02. The Morgan fingerprint density at radius 3 is 2.48 bits per heavy atom. The lowest BCUT2D eigenvalue weighted by molar-refractivity contribution is 0.0942. The first-order valence-electron chi connectivity index (χ1n) is 9.57. The molecule has 1 aliphatic rings. The van der Waals surface area contributed by atoms with Crippen LogP contribution in [0.5, 0.6) is 0 Å². The molecule has 1 aromatic carbocycles. The lowest BCUT2D eigenvalue weighted by atomic mass is 10.1. The van der Waals surface area contributed by atoms with Gasteiger partial charge in [0.1, 0.15) is 0 Å². The molecule has 1 saturated heterocycles. The van der Waals surface area contributed by atoms with E-state index in [-0.39, 0.29) is 17.6 Å². The van der Waals surface area contributed by atoms with Crippen LogP contribution < -0.4 is 10.6 Å². The van der Waals surface area contributed by atoms with Crippen molar-refractivity contribution in [2.75, 3.05) is 31.5 Å². The van der Waals surface area contributed by atoms with Gasteiger partial charge in [-0.25, -0.2) is 0 Å². The molecule has 2 amide bonds. The van der Waals surface area contributed by atoms with Crippen LogP contribution >= 0.6 is 0 Å². The molecule has 6 heteroatoms. The van der Waals surface area contributed by atoms with E-state index in [4.69, 9.17) is 4.42 Å². The zero-order valence-corrected chi connectivity index (χ0v) is 15.7. The van der Waals surface area contributed by atoms with Crippen LogP contribution in [0, 0.1) is 5.92 Å². The van der Waals surface area contributed by atoms with E-state index in [9.17, 15) is 9.59 Å². The van der Waals surface area contributed by atoms with Crippen LogP contribution in [-0.2, 0) is 0 Å². The first-order valence-corrected chi connectivity index (χ1v) is 9.57. The summed E-state index contributed by atoms with van der Waals surface area (Å²) in [6.45, 7) is 6.19. The van der Waals surface area contributed by atoms with Crippen molar-refractivity contribution in [2.24, 2.45) is 5.92 Å². The molecule has 2 heterocycles. The van der Waals surface area contributed by atoms with E-state index in [0.717, 1.165) is 6.54 Å². The van der Waals surface area contributed by atoms with E-state index in [2.05, 4.69) is 22.5 Å². The van der Waals surface area contributed by atoms with Crippen LogP contribution in [0.4, 0.5) is 5.69 Å². The highest BCUT2D eigenvalue weighted by atomic mass is 16.3. The molecule has 6 nitrogen and oxygen atoms in total. The average molecular weight is 369 g/mol. The highest BCUT2D eigenvalue weighted by Gasteiger charge is 2.15. The van der Waals surface area contributed by atoms with Gasteiger partial charge in [-0.05, 0) is 68.2 Å². The maximum atomic E-state index is 12.3. The molecular formula is C21H27N3O3. The standard InChI is InChI=1S/C21H27N3O3/c1-16(15-24-11-3-2-4-12-24)14-22-20(25)17-7-9-18(10-8-17)23-21(26)19-6-5-13-27-19/h5-10,13,16H,2-4,11-12,14-15H2,1H3,(H,22,25)(H,23,26). The second-order valence-corrected chi connectivity index (χ2v) is 7.19. The number of carbonyl (C=O) groups excluding carboxylic acids is 2. The maximum absolute atomic E-state index is 12.3. The van der Waals surface area contributed by atoms with Gasteiger partial charge in [0.05, 0.1) is 6.26 Å². The van der Waals surface area contributed by atoms with Gasteiger partial charge < -0.3 is 20.0 Å². The third-order valence-corrected chi connectivity index (χ3v) is 4.78. The van der Waals surface area contributed by atoms with E-state index in [0.29, 0.717) is 23.7 Å². The van der Waals surface area contributed by atoms with Crippen molar-refractivity contribution in [2.45, 2.75) is 26.2 Å². The summed E-state index contributed by atoms with van der Waals surface area (Å²) in [5, 5.41) is 5.74. The number of anilines is 1. The van der Waals surface area contributed by atoms with E-state index < -0.39 is 0 Å². The number of piperidine rings is 1. The number of hydrogen-bond donors (Lipinski definition) is 2. The van der Waals surface area contributed by atoms with Crippen molar-refractivity contribution in [3.63, 3.8) is 0 Å². The highest BCUT2D eigenvalue weighted by Crippen LogP contribution is 2.13. The molecule has 144 valence electrons. The van der Waals surface area contributed by atoms with E-state index in [1.54, 1.807) is 36.4 Å². The average Bonchev–Trinajstić information content (AvgIpc) is 3.22. The predicted molar refractivity (Wildman–Crippen MR) is 105 cm³/mol. The second kappa shape index (κ2) is 9.37. The summed E-state index contributed by atoms with van der Waals surface area (Å²) in [5.41, 5.74) is 1.20. The fourth-order valence-corrected chi connectivity index (χ4v) is 3.32. The normalized spacial score (nSPS) is 15.9. The number of hydrogen-bond acceptors (Lipinski definition) is 4. The summed E-state index contributed by atoms with van der Waals surface area (Å²) in [5.74, 6) is 0.256. The van der Waals surface area contributed by atoms with Gasteiger partial charge in [0.2, 0.25) is 0 Å². The van der Waals surface area contributed by atoms with Gasteiger partial charge in [0.25, 0.3) is 11.8 Å². The Bertz CT molecular complexity index is 735. The van der Waals surface area contributed by atoms with Crippen LogP contribution in [0.15, 0.2) is 47.1 Å². The lowest BCUT2D eigenvalue weighted by Gasteiger charge is -2.29. The minimum atomic E-state index is -0.316. The monoisotopic (exact) mass is 369 g/mol. The molecule has 1 unspecified atom stereocenters. The Labute approximate surface area is 159 Å². The minimum absolute atomic E-state index is 0.0931. The summed E-state index contributed by atoms with van der Waals surface area (Å²) >= 11 is 0. The van der Waals surface area contributed by atoms with Gasteiger partial charge in [-0.15, -0.1) is 0 Å². The molecule has 0 bridgehead atoms. The van der Waals surface area contributed by atoms with Crippen molar-refractivity contribution in [1.29, 1.82) is 0 Å². The number of carbonyl (C=O) groups is 2. The quantitative estimate of drug-likeness (QED) is 0.785. The number of likely N-dealkylation sites (tertiary alicyclic amines) is 1. The van der Waals surface area contributed by atoms with E-state index >= 15 is 0 Å². The van der Waals surface area contributed by atoms with Gasteiger partial charge in [0.15, 0.2) is 5.76 Å². The molecule has 1 atom stereocenters. The Balaban J connectivity index is 1.45. The van der Waals surface area contributed by atoms with Gasteiger partial charge in [-0.3, -0.25) is 9.59 Å². The fourth-order valence-electron chi connectivity index (χ4n) is 3.32. The van der Waals surface area contributed by atoms with Gasteiger partial charge in [0, 0.05) is 24.3 Å². The van der Waals surface area contributed by atoms with Crippen LogP contribution in [0.3, 0.4) is 0 Å². The molecule has 1 aliphatic heterocycles. The van der Waals surface area contributed by atoms with E-state index in [1.807, 2.05) is 0 Å². The summed E-state index contributed by atoms with van der Waals surface area (Å²) in [4.78, 5) is 26.8. The molecule has 2 aromatic rings. The number of benzene rings is 1. The Hall–Kier alpha value is -2.60. The summed E-state index contributed by atoms with van der Waals surface area (Å²) in [6.07, 6.45) is 5.35. The molecule has 0 spiro atoms. The first kappa shape index (κ1) is 19.2. The van der Waals surface area contributed by atoms with Gasteiger partial charge >= 0.3 is 0 Å². The Kier molecular flexibility index (Phi) is 6.65. The predicted octanol–water partition coefficient (Wildman–Crippen LogP) is 3.38. The van der Waals surface area contributed by atoms with Crippen molar-refractivity contribution in [1.82, 2.24) is 10.2 Å². The molecule has 1 aromatic heterocycles. The number of nitrogens with zero attached hydrogens (tertiary/aromatic N) is 1. The molecule has 2 N–H and O–H groups in total. The molecule has 27 heavy (non-hydrogen) atoms. The van der Waals surface area contributed by atoms with Crippen LogP contribution in [0.1, 0.15) is 47.1 Å². The molecule has 0 radical (unpaired) electrons. The van der Waals surface area contributed by atoms with Crippen LogP contribution in [0.2, 0.25) is 0 Å². The van der Waals surface area contributed by atoms with Crippen molar-refractivity contribution >= 4 is 17.5 Å². The lowest BCUT2D eigenvalue weighted by Crippen LogP contribution is -2.38. The van der Waals surface area contributed by atoms with Gasteiger partial charge in [-0.1, -0.05) is 13.3 Å². The Morgan fingerprint density at radius 2 is 1.81 bits per heavy atom. The summed E-state index contributed by atoms with van der Waals surface area (Å²) in [6, 6.07) is 10.1. The SMILES string of the molecule is CC(CNC(=O)c1ccc(NC(=O)c2ccco2)cc1)CN1CCCCC1. The van der Waals surface area contributed by atoms with Crippen molar-refractivity contribution in [3.8, 4) is 0 Å². The van der Waals surface area contributed by atoms with Crippen molar-refractivity contribution < 1.29 is 14.0 Å². The number of nitrogens with one attached hydrogen (secondary N) is 2. The van der Waals surface area contributed by atoms with Crippen LogP contribution in [-0.4, -0.2) is 42.9 Å². The maximum Gasteiger partial charge on any atom is 0.291 e. The van der Waals surface area contributed by atoms with Gasteiger partial charge in [-0.2, -0.15) is 0 Å². The van der Waals surface area contributed by atoms with Crippen molar-refractivity contribution in [3.05, 3.63) is 54.0 Å². The molecule has 1 fully saturated rings. The van der Waals surface area contributed by atoms with Crippen LogP contribution in [0.25, 0.3) is 0 Å². The third kappa shape index (κ3) is 5.69. The molecule has 0 aliphatic carbocycles. The van der Waals surface area contributed by atoms with E-state index in [1.165, 1.54) is 38.6 Å². The topological polar surface area (TPSA) is 74.6 Å². The first-order chi connectivity index (χ1) is 13.1. The Morgan fingerprint density at radius 1 is 1.07 bits per heavy atom. The number of furan rings is 1. The third-order valence-electron chi connectivity index (χ3n) is 4.78. The fraction of sp³-hybridized carbons (Fsp3) is 0.429. The summed E-state index contributed by atoms with van der Waals surface area (Å²) in [7, 11) is 0. The molecule has 3 rings (SSSR count).